The van der Waals surface area contributed by atoms with E-state index in [9.17, 15) is 29.4 Å². The molecule has 0 aliphatic carbocycles. The molecule has 0 unspecified atom stereocenters. The molecule has 3 heterocycles. The molecule has 30 heavy (non-hydrogen) atoms. The van der Waals surface area contributed by atoms with Gasteiger partial charge in [-0.1, -0.05) is 0 Å². The third-order valence-corrected chi connectivity index (χ3v) is 5.53. The molecule has 0 spiro atoms. The fourth-order valence-electron chi connectivity index (χ4n) is 3.01. The first-order chi connectivity index (χ1) is 14.0. The quantitative estimate of drug-likeness (QED) is 0.233. The Labute approximate surface area is 174 Å². The van der Waals surface area contributed by atoms with Crippen molar-refractivity contribution < 1.29 is 43.6 Å². The summed E-state index contributed by atoms with van der Waals surface area (Å²) >= 11 is 5.88. The molecule has 5 atom stereocenters. The van der Waals surface area contributed by atoms with E-state index in [2.05, 4.69) is 19.7 Å². The second-order valence-electron chi connectivity index (χ2n) is 6.48. The predicted octanol–water partition coefficient (Wildman–Crippen LogP) is -0.509. The van der Waals surface area contributed by atoms with E-state index in [4.69, 9.17) is 21.1 Å². The Morgan fingerprint density at radius 3 is 2.70 bits per heavy atom. The van der Waals surface area contributed by atoms with E-state index in [-0.39, 0.29) is 17.5 Å². The molecule has 0 radical (unpaired) electrons. The number of halogens is 1. The molecule has 1 aliphatic heterocycles. The Morgan fingerprint density at radius 2 is 2.07 bits per heavy atom. The number of ether oxygens (including phenoxy) is 3. The largest absolute Gasteiger partial charge is 0.464 e. The third-order valence-electron chi connectivity index (χ3n) is 4.39. The molecule has 1 fully saturated rings. The second kappa shape index (κ2) is 8.81. The lowest BCUT2D eigenvalue weighted by molar-refractivity contribution is -0.155. The number of fused-ring (bicyclic) bond motifs is 1. The van der Waals surface area contributed by atoms with Crippen molar-refractivity contribution >= 4 is 36.3 Å². The van der Waals surface area contributed by atoms with E-state index >= 15 is 0 Å². The predicted molar refractivity (Wildman–Crippen MR) is 99.4 cm³/mol. The van der Waals surface area contributed by atoms with Gasteiger partial charge in [0.2, 0.25) is 5.28 Å². The Hall–Kier alpha value is -1.70. The van der Waals surface area contributed by atoms with Gasteiger partial charge in [0.1, 0.15) is 23.8 Å². The van der Waals surface area contributed by atoms with Crippen molar-refractivity contribution in [2.45, 2.75) is 44.2 Å². The molecule has 0 amide bonds. The SMILES string of the molecule is CCOC(=O)[C@@H](OC[C@H]1O[C@@H](n2cnc3c(C)nc(Cl)nc32)[C@H](O)[C@@H]1O)P(=O)(O)O. The van der Waals surface area contributed by atoms with Gasteiger partial charge in [0.25, 0.3) is 5.85 Å². The summed E-state index contributed by atoms with van der Waals surface area (Å²) in [7, 11) is -5.00. The van der Waals surface area contributed by atoms with Crippen molar-refractivity contribution in [1.82, 2.24) is 19.5 Å². The number of hydrogen-bond donors (Lipinski definition) is 4. The number of carbonyl (C=O) groups is 1. The highest BCUT2D eigenvalue weighted by Gasteiger charge is 2.46. The number of aromatic nitrogens is 4. The summed E-state index contributed by atoms with van der Waals surface area (Å²) in [6, 6.07) is 0. The van der Waals surface area contributed by atoms with Crippen LogP contribution in [0.3, 0.4) is 0 Å². The summed E-state index contributed by atoms with van der Waals surface area (Å²) < 4.78 is 28.1. The van der Waals surface area contributed by atoms with E-state index in [1.165, 1.54) is 17.8 Å². The van der Waals surface area contributed by atoms with Gasteiger partial charge < -0.3 is 34.2 Å². The number of aliphatic hydroxyl groups is 2. The summed E-state index contributed by atoms with van der Waals surface area (Å²) in [5.74, 6) is -3.44. The lowest BCUT2D eigenvalue weighted by atomic mass is 10.1. The number of nitrogens with zero attached hydrogens (tertiary/aromatic N) is 4. The molecule has 15 heteroatoms. The molecular formula is C15H20ClN4O9P. The summed E-state index contributed by atoms with van der Waals surface area (Å²) in [6.07, 6.45) is -4.00. The zero-order valence-corrected chi connectivity index (χ0v) is 17.5. The number of carbonyl (C=O) groups excluding carboxylic acids is 1. The zero-order chi connectivity index (χ0) is 22.2. The molecule has 13 nitrogen and oxygen atoms in total. The van der Waals surface area contributed by atoms with Crippen LogP contribution in [-0.4, -0.2) is 82.9 Å². The van der Waals surface area contributed by atoms with Crippen molar-refractivity contribution in [2.75, 3.05) is 13.2 Å². The first kappa shape index (κ1) is 23.0. The molecule has 3 rings (SSSR count). The summed E-state index contributed by atoms with van der Waals surface area (Å²) in [5, 5.41) is 20.7. The number of aliphatic hydroxyl groups excluding tert-OH is 2. The van der Waals surface area contributed by atoms with Gasteiger partial charge in [-0.05, 0) is 25.4 Å². The molecule has 1 aliphatic rings. The number of esters is 1. The minimum absolute atomic E-state index is 0.0476. The molecule has 0 aromatic carbocycles. The van der Waals surface area contributed by atoms with Gasteiger partial charge in [-0.3, -0.25) is 9.13 Å². The summed E-state index contributed by atoms with van der Waals surface area (Å²) in [6.45, 7) is 2.42. The lowest BCUT2D eigenvalue weighted by Crippen LogP contribution is -2.36. The normalized spacial score (nSPS) is 25.6. The monoisotopic (exact) mass is 466 g/mol. The van der Waals surface area contributed by atoms with E-state index in [1.54, 1.807) is 6.92 Å². The molecule has 0 bridgehead atoms. The van der Waals surface area contributed by atoms with E-state index in [1.807, 2.05) is 0 Å². The average Bonchev–Trinajstić information content (AvgIpc) is 3.17. The van der Waals surface area contributed by atoms with Crippen LogP contribution in [0.4, 0.5) is 0 Å². The molecule has 2 aromatic heterocycles. The van der Waals surface area contributed by atoms with Crippen LogP contribution in [-0.2, 0) is 23.6 Å². The molecule has 0 saturated carbocycles. The first-order valence-electron chi connectivity index (χ1n) is 8.76. The van der Waals surface area contributed by atoms with Crippen LogP contribution < -0.4 is 0 Å². The molecular weight excluding hydrogens is 447 g/mol. The van der Waals surface area contributed by atoms with Crippen molar-refractivity contribution in [3.05, 3.63) is 17.3 Å². The summed E-state index contributed by atoms with van der Waals surface area (Å²) in [4.78, 5) is 42.6. The minimum Gasteiger partial charge on any atom is -0.464 e. The topological polar surface area (TPSA) is 186 Å². The highest BCUT2D eigenvalue weighted by Crippen LogP contribution is 2.43. The molecule has 1 saturated heterocycles. The maximum Gasteiger partial charge on any atom is 0.365 e. The van der Waals surface area contributed by atoms with Gasteiger partial charge in [-0.25, -0.2) is 14.8 Å². The van der Waals surface area contributed by atoms with Crippen molar-refractivity contribution in [3.63, 3.8) is 0 Å². The van der Waals surface area contributed by atoms with Crippen LogP contribution in [0.1, 0.15) is 18.8 Å². The highest BCUT2D eigenvalue weighted by molar-refractivity contribution is 7.53. The Bertz CT molecular complexity index is 982. The number of rotatable bonds is 7. The number of imidazole rings is 1. The molecule has 4 N–H and O–H groups in total. The van der Waals surface area contributed by atoms with E-state index in [0.29, 0.717) is 11.2 Å². The smallest absolute Gasteiger partial charge is 0.365 e. The fourth-order valence-corrected chi connectivity index (χ4v) is 3.85. The average molecular weight is 467 g/mol. The van der Waals surface area contributed by atoms with Gasteiger partial charge in [0.15, 0.2) is 11.9 Å². The van der Waals surface area contributed by atoms with E-state index in [0.717, 1.165) is 0 Å². The van der Waals surface area contributed by atoms with Crippen LogP contribution in [0.5, 0.6) is 0 Å². The maximum absolute atomic E-state index is 11.8. The van der Waals surface area contributed by atoms with Gasteiger partial charge in [0.05, 0.1) is 25.2 Å². The summed E-state index contributed by atoms with van der Waals surface area (Å²) in [5.41, 5.74) is 1.16. The van der Waals surface area contributed by atoms with Gasteiger partial charge in [0, 0.05) is 0 Å². The van der Waals surface area contributed by atoms with E-state index < -0.39 is 50.6 Å². The molecule has 166 valence electrons. The zero-order valence-electron chi connectivity index (χ0n) is 15.8. The van der Waals surface area contributed by atoms with Crippen LogP contribution >= 0.6 is 19.2 Å². The van der Waals surface area contributed by atoms with Crippen molar-refractivity contribution in [2.24, 2.45) is 0 Å². The minimum atomic E-state index is -5.00. The number of aryl methyl sites for hydroxylation is 1. The number of hydrogen-bond acceptors (Lipinski definition) is 10. The first-order valence-corrected chi connectivity index (χ1v) is 10.8. The van der Waals surface area contributed by atoms with Crippen LogP contribution in [0.15, 0.2) is 6.33 Å². The van der Waals surface area contributed by atoms with Crippen molar-refractivity contribution in [3.8, 4) is 0 Å². The lowest BCUT2D eigenvalue weighted by Gasteiger charge is -2.20. The van der Waals surface area contributed by atoms with Crippen LogP contribution in [0, 0.1) is 6.92 Å². The van der Waals surface area contributed by atoms with Crippen LogP contribution in [0.2, 0.25) is 5.28 Å². The van der Waals surface area contributed by atoms with Gasteiger partial charge >= 0.3 is 13.6 Å². The Balaban J connectivity index is 1.79. The third kappa shape index (κ3) is 4.48. The van der Waals surface area contributed by atoms with Crippen molar-refractivity contribution in [1.29, 1.82) is 0 Å². The Morgan fingerprint density at radius 1 is 1.37 bits per heavy atom. The Kier molecular flexibility index (Phi) is 6.75. The fraction of sp³-hybridized carbons (Fsp3) is 0.600. The highest BCUT2D eigenvalue weighted by atomic mass is 35.5. The molecule has 2 aromatic rings. The van der Waals surface area contributed by atoms with Gasteiger partial charge in [-0.15, -0.1) is 0 Å². The van der Waals surface area contributed by atoms with Crippen LogP contribution in [0.25, 0.3) is 11.2 Å². The van der Waals surface area contributed by atoms with Gasteiger partial charge in [-0.2, -0.15) is 4.98 Å². The maximum atomic E-state index is 11.8. The second-order valence-corrected chi connectivity index (χ2v) is 8.46. The standard InChI is InChI=1S/C15H20ClN4O9P/c1-3-27-13(23)14(30(24,25)26)28-4-7-9(21)10(22)12(29-7)20-5-17-8-6(2)18-15(16)19-11(8)20/h5,7,9-10,12,14,21-22H,3-4H2,1-2H3,(H2,24,25,26)/t7-,9-,10-,12-,14+/m1/s1.